The molecule has 202 valence electrons. The van der Waals surface area contributed by atoms with Crippen LogP contribution in [-0.2, 0) is 32.6 Å². The van der Waals surface area contributed by atoms with Crippen molar-refractivity contribution in [2.45, 2.75) is 25.9 Å². The van der Waals surface area contributed by atoms with E-state index >= 15 is 0 Å². The van der Waals surface area contributed by atoms with Crippen molar-refractivity contribution < 1.29 is 22.7 Å². The van der Waals surface area contributed by atoms with Crippen LogP contribution in [0.15, 0.2) is 78.9 Å². The largest absolute Gasteiger partial charge is 0.494 e. The summed E-state index contributed by atoms with van der Waals surface area (Å²) in [7, 11) is -2.34. The van der Waals surface area contributed by atoms with Gasteiger partial charge in [-0.1, -0.05) is 60.1 Å². The van der Waals surface area contributed by atoms with E-state index in [1.54, 1.807) is 48.5 Å². The number of halogens is 1. The van der Waals surface area contributed by atoms with Crippen LogP contribution in [0, 0.1) is 0 Å². The van der Waals surface area contributed by atoms with E-state index in [1.165, 1.54) is 11.9 Å². The lowest BCUT2D eigenvalue weighted by molar-refractivity contribution is -0.139. The van der Waals surface area contributed by atoms with Gasteiger partial charge in [-0.2, -0.15) is 0 Å². The molecule has 0 saturated carbocycles. The maximum absolute atomic E-state index is 13.9. The Morgan fingerprint density at radius 1 is 0.974 bits per heavy atom. The molecule has 0 aliphatic rings. The van der Waals surface area contributed by atoms with Crippen LogP contribution in [-0.4, -0.2) is 57.6 Å². The quantitative estimate of drug-likeness (QED) is 0.364. The standard InChI is InChI=1S/C28H32ClN3O5S/c1-4-37-24-16-14-23(15-17-24)32(38(3,35)36)20-27(33)31(19-22-12-8-9-13-25(22)29)26(28(34)30-2)18-21-10-6-5-7-11-21/h5-17,26H,4,18-20H2,1-3H3,(H,30,34)/t26-/m1/s1. The number of hydrogen-bond acceptors (Lipinski definition) is 5. The number of carbonyl (C=O) groups excluding carboxylic acids is 2. The average molecular weight is 558 g/mol. The molecule has 0 spiro atoms. The first kappa shape index (κ1) is 29.0. The lowest BCUT2D eigenvalue weighted by atomic mass is 10.0. The molecule has 1 N–H and O–H groups in total. The van der Waals surface area contributed by atoms with Crippen LogP contribution >= 0.6 is 11.6 Å². The van der Waals surface area contributed by atoms with Crippen molar-refractivity contribution >= 4 is 39.1 Å². The molecule has 0 aromatic heterocycles. The van der Waals surface area contributed by atoms with Gasteiger partial charge in [0.15, 0.2) is 0 Å². The van der Waals surface area contributed by atoms with Crippen molar-refractivity contribution in [3.8, 4) is 5.75 Å². The fourth-order valence-corrected chi connectivity index (χ4v) is 5.06. The number of nitrogens with one attached hydrogen (secondary N) is 1. The highest BCUT2D eigenvalue weighted by atomic mass is 35.5. The molecule has 0 saturated heterocycles. The van der Waals surface area contributed by atoms with Gasteiger partial charge in [-0.05, 0) is 48.4 Å². The summed E-state index contributed by atoms with van der Waals surface area (Å²) in [6.07, 6.45) is 1.27. The molecule has 8 nitrogen and oxygen atoms in total. The third kappa shape index (κ3) is 7.72. The summed E-state index contributed by atoms with van der Waals surface area (Å²) >= 11 is 6.41. The Morgan fingerprint density at radius 3 is 2.18 bits per heavy atom. The minimum absolute atomic E-state index is 0.0182. The van der Waals surface area contributed by atoms with Gasteiger partial charge in [0.2, 0.25) is 21.8 Å². The number of ether oxygens (including phenoxy) is 1. The highest BCUT2D eigenvalue weighted by molar-refractivity contribution is 7.92. The SMILES string of the molecule is CCOc1ccc(N(CC(=O)N(Cc2ccccc2Cl)[C@H](Cc2ccccc2)C(=O)NC)S(C)(=O)=O)cc1. The maximum Gasteiger partial charge on any atom is 0.244 e. The molecule has 0 aliphatic heterocycles. The number of amides is 2. The van der Waals surface area contributed by atoms with Gasteiger partial charge in [0.25, 0.3) is 0 Å². The first-order valence-electron chi connectivity index (χ1n) is 12.1. The highest BCUT2D eigenvalue weighted by Gasteiger charge is 2.33. The lowest BCUT2D eigenvalue weighted by Crippen LogP contribution is -2.52. The third-order valence-electron chi connectivity index (χ3n) is 5.93. The Bertz CT molecular complexity index is 1330. The van der Waals surface area contributed by atoms with E-state index in [2.05, 4.69) is 5.32 Å². The minimum atomic E-state index is -3.84. The normalized spacial score (nSPS) is 11.9. The first-order valence-corrected chi connectivity index (χ1v) is 14.4. The van der Waals surface area contributed by atoms with Crippen LogP contribution in [0.3, 0.4) is 0 Å². The Balaban J connectivity index is 2.01. The van der Waals surface area contributed by atoms with Crippen LogP contribution in [0.2, 0.25) is 5.02 Å². The molecule has 0 aliphatic carbocycles. The molecule has 3 aromatic carbocycles. The van der Waals surface area contributed by atoms with Gasteiger partial charge < -0.3 is 15.0 Å². The number of likely N-dealkylation sites (N-methyl/N-ethyl adjacent to an activating group) is 1. The van der Waals surface area contributed by atoms with Gasteiger partial charge in [-0.25, -0.2) is 8.42 Å². The number of benzene rings is 3. The Kier molecular flexibility index (Phi) is 10.2. The van der Waals surface area contributed by atoms with E-state index in [1.807, 2.05) is 37.3 Å². The van der Waals surface area contributed by atoms with Crippen molar-refractivity contribution in [3.63, 3.8) is 0 Å². The van der Waals surface area contributed by atoms with Gasteiger partial charge in [0.1, 0.15) is 18.3 Å². The number of hydrogen-bond donors (Lipinski definition) is 1. The number of sulfonamides is 1. The molecule has 2 amide bonds. The van der Waals surface area contributed by atoms with Crippen molar-refractivity contribution in [2.24, 2.45) is 0 Å². The zero-order valence-electron chi connectivity index (χ0n) is 21.6. The van der Waals surface area contributed by atoms with Crippen molar-refractivity contribution in [1.29, 1.82) is 0 Å². The molecule has 0 radical (unpaired) electrons. The van der Waals surface area contributed by atoms with Crippen LogP contribution in [0.4, 0.5) is 5.69 Å². The zero-order valence-corrected chi connectivity index (χ0v) is 23.2. The monoisotopic (exact) mass is 557 g/mol. The molecular weight excluding hydrogens is 526 g/mol. The fourth-order valence-electron chi connectivity index (χ4n) is 4.02. The van der Waals surface area contributed by atoms with E-state index < -0.39 is 28.5 Å². The molecule has 0 bridgehead atoms. The van der Waals surface area contributed by atoms with Crippen LogP contribution in [0.25, 0.3) is 0 Å². The molecule has 0 fully saturated rings. The van der Waals surface area contributed by atoms with E-state index in [4.69, 9.17) is 16.3 Å². The Labute approximate surface area is 229 Å². The maximum atomic E-state index is 13.9. The lowest BCUT2D eigenvalue weighted by Gasteiger charge is -2.33. The molecule has 3 aromatic rings. The van der Waals surface area contributed by atoms with E-state index in [-0.39, 0.29) is 18.9 Å². The molecule has 3 rings (SSSR count). The topological polar surface area (TPSA) is 96.0 Å². The second-order valence-corrected chi connectivity index (χ2v) is 10.9. The first-order chi connectivity index (χ1) is 18.1. The zero-order chi connectivity index (χ0) is 27.7. The smallest absolute Gasteiger partial charge is 0.244 e. The molecule has 1 atom stereocenters. The molecule has 38 heavy (non-hydrogen) atoms. The van der Waals surface area contributed by atoms with E-state index in [0.717, 1.165) is 16.1 Å². The molecular formula is C28H32ClN3O5S. The molecule has 0 unspecified atom stereocenters. The van der Waals surface area contributed by atoms with Gasteiger partial charge in [0.05, 0.1) is 18.6 Å². The summed E-state index contributed by atoms with van der Waals surface area (Å²) in [5.41, 5.74) is 1.79. The van der Waals surface area contributed by atoms with Crippen molar-refractivity contribution in [2.75, 3.05) is 30.8 Å². The molecule has 0 heterocycles. The predicted octanol–water partition coefficient (Wildman–Crippen LogP) is 3.89. The van der Waals surface area contributed by atoms with Crippen LogP contribution in [0.5, 0.6) is 5.75 Å². The number of nitrogens with zero attached hydrogens (tertiary/aromatic N) is 2. The second kappa shape index (κ2) is 13.3. The second-order valence-electron chi connectivity index (χ2n) is 8.63. The Morgan fingerprint density at radius 2 is 1.61 bits per heavy atom. The van der Waals surface area contributed by atoms with Gasteiger partial charge >= 0.3 is 0 Å². The molecule has 10 heteroatoms. The Hall–Kier alpha value is -3.56. The average Bonchev–Trinajstić information content (AvgIpc) is 2.90. The van der Waals surface area contributed by atoms with Crippen molar-refractivity contribution in [1.82, 2.24) is 10.2 Å². The summed E-state index contributed by atoms with van der Waals surface area (Å²) in [6.45, 7) is 1.83. The summed E-state index contributed by atoms with van der Waals surface area (Å²) in [5.74, 6) is -0.339. The highest BCUT2D eigenvalue weighted by Crippen LogP contribution is 2.24. The van der Waals surface area contributed by atoms with Gasteiger partial charge in [-0.3, -0.25) is 13.9 Å². The number of rotatable bonds is 12. The van der Waals surface area contributed by atoms with Gasteiger partial charge in [0, 0.05) is 25.0 Å². The summed E-state index contributed by atoms with van der Waals surface area (Å²) < 4.78 is 32.0. The number of anilines is 1. The third-order valence-corrected chi connectivity index (χ3v) is 7.44. The summed E-state index contributed by atoms with van der Waals surface area (Å²) in [5, 5.41) is 3.08. The van der Waals surface area contributed by atoms with Gasteiger partial charge in [-0.15, -0.1) is 0 Å². The van der Waals surface area contributed by atoms with Crippen molar-refractivity contribution in [3.05, 3.63) is 95.0 Å². The minimum Gasteiger partial charge on any atom is -0.494 e. The summed E-state index contributed by atoms with van der Waals surface area (Å²) in [6, 6.07) is 21.9. The number of carbonyl (C=O) groups is 2. The van der Waals surface area contributed by atoms with E-state index in [9.17, 15) is 18.0 Å². The fraction of sp³-hybridized carbons (Fsp3) is 0.286. The van der Waals surface area contributed by atoms with E-state index in [0.29, 0.717) is 28.6 Å². The summed E-state index contributed by atoms with van der Waals surface area (Å²) in [4.78, 5) is 28.4. The predicted molar refractivity (Wildman–Crippen MR) is 150 cm³/mol. The van der Waals surface area contributed by atoms with Crippen LogP contribution < -0.4 is 14.4 Å². The van der Waals surface area contributed by atoms with Crippen LogP contribution in [0.1, 0.15) is 18.1 Å².